The molecule has 1 aromatic carbocycles. The lowest BCUT2D eigenvalue weighted by Crippen LogP contribution is -2.18. The fraction of sp³-hybridized carbons (Fsp3) is 0.455. The Morgan fingerprint density at radius 1 is 1.26 bits per heavy atom. The smallest absolute Gasteiger partial charge is 0.406 e. The molecule has 4 N–H and O–H groups in total. The van der Waals surface area contributed by atoms with Gasteiger partial charge in [-0.15, -0.1) is 25.6 Å². The molecule has 0 unspecified atom stereocenters. The molecule has 0 aliphatic carbocycles. The summed E-state index contributed by atoms with van der Waals surface area (Å²) < 4.78 is 53.2. The summed E-state index contributed by atoms with van der Waals surface area (Å²) in [6, 6.07) is 2.07. The lowest BCUT2D eigenvalue weighted by molar-refractivity contribution is -0.274. The minimum Gasteiger partial charge on any atom is -0.406 e. The summed E-state index contributed by atoms with van der Waals surface area (Å²) in [5, 5.41) is 0. The van der Waals surface area contributed by atoms with Crippen LogP contribution in [0.3, 0.4) is 0 Å². The number of halogens is 5. The van der Waals surface area contributed by atoms with Gasteiger partial charge >= 0.3 is 6.36 Å². The Hall–Kier alpha value is -1.05. The Bertz CT molecular complexity index is 401. The third kappa shape index (κ3) is 6.09. The van der Waals surface area contributed by atoms with Crippen LogP contribution >= 0.6 is 12.4 Å². The van der Waals surface area contributed by atoms with E-state index in [0.29, 0.717) is 19.4 Å². The van der Waals surface area contributed by atoms with Gasteiger partial charge in [0.1, 0.15) is 11.6 Å². The molecule has 110 valence electrons. The van der Waals surface area contributed by atoms with E-state index in [2.05, 4.69) is 4.74 Å². The molecule has 0 saturated carbocycles. The second-order valence-electron chi connectivity index (χ2n) is 3.77. The molecule has 1 atom stereocenters. The zero-order valence-electron chi connectivity index (χ0n) is 9.91. The molecule has 0 aliphatic heterocycles. The maximum atomic E-state index is 13.4. The van der Waals surface area contributed by atoms with Crippen molar-refractivity contribution in [1.82, 2.24) is 0 Å². The summed E-state index contributed by atoms with van der Waals surface area (Å²) >= 11 is 0. The fourth-order valence-corrected chi connectivity index (χ4v) is 1.50. The first-order valence-corrected chi connectivity index (χ1v) is 5.34. The number of rotatable bonds is 5. The van der Waals surface area contributed by atoms with Crippen molar-refractivity contribution in [3.63, 3.8) is 0 Å². The first kappa shape index (κ1) is 17.9. The number of hydrogen-bond donors (Lipinski definition) is 2. The number of alkyl halides is 3. The maximum Gasteiger partial charge on any atom is 0.573 e. The topological polar surface area (TPSA) is 61.3 Å². The SMILES string of the molecule is Cl.NCCC[C@@H](N)c1cc(OC(F)(F)F)ccc1F. The van der Waals surface area contributed by atoms with Crippen LogP contribution in [0.4, 0.5) is 17.6 Å². The van der Waals surface area contributed by atoms with Gasteiger partial charge in [0.2, 0.25) is 0 Å². The van der Waals surface area contributed by atoms with Crippen LogP contribution in [0.15, 0.2) is 18.2 Å². The summed E-state index contributed by atoms with van der Waals surface area (Å²) in [7, 11) is 0. The molecule has 0 aromatic heterocycles. The van der Waals surface area contributed by atoms with E-state index in [1.54, 1.807) is 0 Å². The highest BCUT2D eigenvalue weighted by atomic mass is 35.5. The normalized spacial score (nSPS) is 12.7. The Balaban J connectivity index is 0.00000324. The Kier molecular flexibility index (Phi) is 7.10. The summed E-state index contributed by atoms with van der Waals surface area (Å²) in [5.41, 5.74) is 11.0. The molecular weight excluding hydrogens is 288 g/mol. The van der Waals surface area contributed by atoms with E-state index in [9.17, 15) is 17.6 Å². The van der Waals surface area contributed by atoms with E-state index in [1.807, 2.05) is 0 Å². The minimum absolute atomic E-state index is 0. The number of ether oxygens (including phenoxy) is 1. The van der Waals surface area contributed by atoms with Gasteiger partial charge < -0.3 is 16.2 Å². The van der Waals surface area contributed by atoms with Crippen LogP contribution in [0.2, 0.25) is 0 Å². The van der Waals surface area contributed by atoms with Gasteiger partial charge in [-0.1, -0.05) is 0 Å². The lowest BCUT2D eigenvalue weighted by atomic mass is 10.0. The third-order valence-corrected chi connectivity index (χ3v) is 2.32. The predicted octanol–water partition coefficient (Wildman–Crippen LogP) is 2.88. The van der Waals surface area contributed by atoms with Crippen molar-refractivity contribution >= 4 is 12.4 Å². The summed E-state index contributed by atoms with van der Waals surface area (Å²) in [6.45, 7) is 0.383. The van der Waals surface area contributed by atoms with Crippen molar-refractivity contribution in [3.8, 4) is 5.75 Å². The number of benzene rings is 1. The highest BCUT2D eigenvalue weighted by Crippen LogP contribution is 2.28. The summed E-state index contributed by atoms with van der Waals surface area (Å²) in [4.78, 5) is 0. The minimum atomic E-state index is -4.81. The van der Waals surface area contributed by atoms with E-state index >= 15 is 0 Å². The molecule has 1 aromatic rings. The standard InChI is InChI=1S/C11H14F4N2O.ClH/c12-9-4-3-7(18-11(13,14)15)6-8(9)10(17)2-1-5-16;/h3-4,6,10H,1-2,5,16-17H2;1H/t10-;/m1./s1. The summed E-state index contributed by atoms with van der Waals surface area (Å²) in [6.07, 6.45) is -3.86. The van der Waals surface area contributed by atoms with Crippen molar-refractivity contribution in [2.24, 2.45) is 11.5 Å². The van der Waals surface area contributed by atoms with E-state index in [4.69, 9.17) is 11.5 Å². The Morgan fingerprint density at radius 3 is 2.42 bits per heavy atom. The van der Waals surface area contributed by atoms with Gasteiger partial charge in [0, 0.05) is 11.6 Å². The van der Waals surface area contributed by atoms with Crippen LogP contribution in [-0.4, -0.2) is 12.9 Å². The molecule has 0 aliphatic rings. The van der Waals surface area contributed by atoms with Crippen molar-refractivity contribution in [2.75, 3.05) is 6.54 Å². The average Bonchev–Trinajstić information content (AvgIpc) is 2.26. The van der Waals surface area contributed by atoms with Crippen molar-refractivity contribution in [3.05, 3.63) is 29.6 Å². The van der Waals surface area contributed by atoms with Gasteiger partial charge in [-0.2, -0.15) is 0 Å². The highest BCUT2D eigenvalue weighted by Gasteiger charge is 2.31. The second kappa shape index (κ2) is 7.52. The van der Waals surface area contributed by atoms with Crippen molar-refractivity contribution < 1.29 is 22.3 Å². The van der Waals surface area contributed by atoms with Crippen molar-refractivity contribution in [1.29, 1.82) is 0 Å². The first-order valence-electron chi connectivity index (χ1n) is 5.34. The summed E-state index contributed by atoms with van der Waals surface area (Å²) in [5.74, 6) is -1.14. The molecule has 0 radical (unpaired) electrons. The van der Waals surface area contributed by atoms with Gasteiger partial charge in [0.05, 0.1) is 0 Å². The fourth-order valence-electron chi connectivity index (χ4n) is 1.50. The molecule has 0 heterocycles. The van der Waals surface area contributed by atoms with Crippen LogP contribution < -0.4 is 16.2 Å². The van der Waals surface area contributed by atoms with E-state index < -0.39 is 24.0 Å². The number of hydrogen-bond acceptors (Lipinski definition) is 3. The quantitative estimate of drug-likeness (QED) is 0.822. The van der Waals surface area contributed by atoms with Crippen LogP contribution in [0.5, 0.6) is 5.75 Å². The van der Waals surface area contributed by atoms with Gasteiger partial charge in [0.15, 0.2) is 0 Å². The van der Waals surface area contributed by atoms with Crippen LogP contribution in [-0.2, 0) is 0 Å². The zero-order chi connectivity index (χ0) is 13.8. The van der Waals surface area contributed by atoms with E-state index in [-0.39, 0.29) is 18.0 Å². The molecule has 1 rings (SSSR count). The Labute approximate surface area is 114 Å². The zero-order valence-corrected chi connectivity index (χ0v) is 10.7. The molecule has 8 heteroatoms. The van der Waals surface area contributed by atoms with Gasteiger partial charge in [-0.05, 0) is 37.6 Å². The monoisotopic (exact) mass is 302 g/mol. The molecule has 3 nitrogen and oxygen atoms in total. The highest BCUT2D eigenvalue weighted by molar-refractivity contribution is 5.85. The lowest BCUT2D eigenvalue weighted by Gasteiger charge is -2.15. The maximum absolute atomic E-state index is 13.4. The number of nitrogens with two attached hydrogens (primary N) is 2. The molecule has 0 spiro atoms. The largest absolute Gasteiger partial charge is 0.573 e. The molecule has 0 saturated heterocycles. The molecule has 0 fully saturated rings. The van der Waals surface area contributed by atoms with Crippen LogP contribution in [0.25, 0.3) is 0 Å². The molecule has 0 bridgehead atoms. The van der Waals surface area contributed by atoms with E-state index in [0.717, 1.165) is 18.2 Å². The second-order valence-corrected chi connectivity index (χ2v) is 3.77. The van der Waals surface area contributed by atoms with Gasteiger partial charge in [-0.25, -0.2) is 4.39 Å². The van der Waals surface area contributed by atoms with Gasteiger partial charge in [0.25, 0.3) is 0 Å². The average molecular weight is 303 g/mol. The molecular formula is C11H15ClF4N2O. The van der Waals surface area contributed by atoms with Crippen molar-refractivity contribution in [2.45, 2.75) is 25.2 Å². The third-order valence-electron chi connectivity index (χ3n) is 2.32. The Morgan fingerprint density at radius 2 is 1.89 bits per heavy atom. The molecule has 0 amide bonds. The van der Waals surface area contributed by atoms with Crippen LogP contribution in [0, 0.1) is 5.82 Å². The predicted molar refractivity (Wildman–Crippen MR) is 65.5 cm³/mol. The van der Waals surface area contributed by atoms with E-state index in [1.165, 1.54) is 0 Å². The van der Waals surface area contributed by atoms with Crippen LogP contribution in [0.1, 0.15) is 24.4 Å². The molecule has 19 heavy (non-hydrogen) atoms. The first-order chi connectivity index (χ1) is 8.33. The van der Waals surface area contributed by atoms with Gasteiger partial charge in [-0.3, -0.25) is 0 Å².